The van der Waals surface area contributed by atoms with Crippen LogP contribution >= 0.6 is 15.9 Å². The van der Waals surface area contributed by atoms with E-state index >= 15 is 0 Å². The highest BCUT2D eigenvalue weighted by Gasteiger charge is 2.52. The van der Waals surface area contributed by atoms with Crippen LogP contribution in [-0.2, 0) is 31.3 Å². The van der Waals surface area contributed by atoms with Crippen LogP contribution in [0.15, 0.2) is 59.1 Å². The van der Waals surface area contributed by atoms with E-state index in [1.807, 2.05) is 12.1 Å². The van der Waals surface area contributed by atoms with Crippen LogP contribution in [0.2, 0.25) is 0 Å². The minimum absolute atomic E-state index is 0.0158. The number of aliphatic hydroxyl groups is 2. The normalized spacial score (nSPS) is 22.4. The molecule has 3 atom stereocenters. The van der Waals surface area contributed by atoms with Crippen molar-refractivity contribution in [2.75, 3.05) is 16.4 Å². The lowest BCUT2D eigenvalue weighted by atomic mass is 9.83. The number of rotatable bonds is 8. The number of carbonyl (C=O) groups excluding carboxylic acids is 3. The molecule has 2 aromatic rings. The number of benzene rings is 2. The molecular weight excluding hydrogens is 516 g/mol. The maximum atomic E-state index is 13.6. The van der Waals surface area contributed by atoms with Gasteiger partial charge in [0.1, 0.15) is 0 Å². The van der Waals surface area contributed by atoms with Crippen LogP contribution in [0.25, 0.3) is 0 Å². The van der Waals surface area contributed by atoms with Gasteiger partial charge in [0.15, 0.2) is 11.8 Å². The zero-order chi connectivity index (χ0) is 25.3. The van der Waals surface area contributed by atoms with Gasteiger partial charge >= 0.3 is 5.97 Å². The highest BCUT2D eigenvalue weighted by atomic mass is 79.9. The minimum atomic E-state index is -1.77. The minimum Gasteiger partial charge on any atom is -0.441 e. The van der Waals surface area contributed by atoms with Crippen LogP contribution in [0.1, 0.15) is 37.8 Å². The first-order chi connectivity index (χ1) is 16.7. The summed E-state index contributed by atoms with van der Waals surface area (Å²) in [6.45, 7) is 3.23. The van der Waals surface area contributed by atoms with Gasteiger partial charge in [-0.1, -0.05) is 47.1 Å². The van der Waals surface area contributed by atoms with Crippen LogP contribution in [0, 0.1) is 5.92 Å². The summed E-state index contributed by atoms with van der Waals surface area (Å²) in [6.07, 6.45) is 3.42. The van der Waals surface area contributed by atoms with E-state index in [0.29, 0.717) is 23.4 Å². The Bertz CT molecular complexity index is 1200. The molecule has 1 unspecified atom stereocenters. The van der Waals surface area contributed by atoms with Crippen LogP contribution in [0.3, 0.4) is 0 Å². The molecule has 8 nitrogen and oxygen atoms in total. The number of nitrogens with zero attached hydrogens (tertiary/aromatic N) is 2. The summed E-state index contributed by atoms with van der Waals surface area (Å²) in [5, 5.41) is 20.7. The zero-order valence-electron chi connectivity index (χ0n) is 19.5. The highest BCUT2D eigenvalue weighted by Crippen LogP contribution is 2.47. The fourth-order valence-corrected chi connectivity index (χ4v) is 4.92. The first-order valence-electron chi connectivity index (χ1n) is 11.4. The maximum absolute atomic E-state index is 13.6. The summed E-state index contributed by atoms with van der Waals surface area (Å²) in [5.74, 6) is -1.60. The van der Waals surface area contributed by atoms with Gasteiger partial charge in [-0.15, -0.1) is 0 Å². The van der Waals surface area contributed by atoms with Crippen molar-refractivity contribution in [1.29, 1.82) is 0 Å². The predicted octanol–water partition coefficient (Wildman–Crippen LogP) is 3.38. The molecule has 0 aromatic heterocycles. The first kappa shape index (κ1) is 25.1. The van der Waals surface area contributed by atoms with E-state index in [1.165, 1.54) is 11.8 Å². The van der Waals surface area contributed by atoms with Gasteiger partial charge in [0.2, 0.25) is 5.91 Å². The van der Waals surface area contributed by atoms with E-state index in [4.69, 9.17) is 9.84 Å². The standard InChI is InChI=1S/C26H27BrN2O6/c1-16(6-3-4-11-30)26(34)21-13-19(27)9-10-22(21)28(25(26)33)15-18-7-5-8-20(12-18)29-23(32)14-24(29)35-17(2)31/h3,5-10,12-13,16,24,30,34H,4,11,14-15H2,1-2H3/b6-3+/t16-,24?,26+/m1/s1. The van der Waals surface area contributed by atoms with Crippen molar-refractivity contribution in [2.24, 2.45) is 5.92 Å². The van der Waals surface area contributed by atoms with Crippen LogP contribution in [-0.4, -0.2) is 40.8 Å². The Morgan fingerprint density at radius 1 is 1.29 bits per heavy atom. The summed E-state index contributed by atoms with van der Waals surface area (Å²) in [7, 11) is 0. The molecule has 2 aliphatic heterocycles. The fourth-order valence-electron chi connectivity index (χ4n) is 4.56. The lowest BCUT2D eigenvalue weighted by Gasteiger charge is -2.39. The first-order valence-corrected chi connectivity index (χ1v) is 12.2. The van der Waals surface area contributed by atoms with Crippen molar-refractivity contribution in [2.45, 2.75) is 45.1 Å². The summed E-state index contributed by atoms with van der Waals surface area (Å²) in [6, 6.07) is 12.5. The second-order valence-corrected chi connectivity index (χ2v) is 9.67. The lowest BCUT2D eigenvalue weighted by Crippen LogP contribution is -2.54. The average Bonchev–Trinajstić information content (AvgIpc) is 3.01. The maximum Gasteiger partial charge on any atom is 0.304 e. The number of esters is 1. The topological polar surface area (TPSA) is 107 Å². The fraction of sp³-hybridized carbons (Fsp3) is 0.346. The van der Waals surface area contributed by atoms with Crippen molar-refractivity contribution in [3.05, 3.63) is 70.2 Å². The molecule has 2 aromatic carbocycles. The molecule has 2 N–H and O–H groups in total. The summed E-state index contributed by atoms with van der Waals surface area (Å²) in [4.78, 5) is 40.2. The molecule has 9 heteroatoms. The van der Waals surface area contributed by atoms with Crippen molar-refractivity contribution in [1.82, 2.24) is 0 Å². The molecule has 184 valence electrons. The number of β-lactam (4-membered cyclic amide) rings is 1. The molecule has 0 saturated carbocycles. The Labute approximate surface area is 211 Å². The van der Waals surface area contributed by atoms with Gasteiger partial charge in [-0.25, -0.2) is 0 Å². The second kappa shape index (κ2) is 9.93. The Morgan fingerprint density at radius 3 is 2.74 bits per heavy atom. The van der Waals surface area contributed by atoms with Crippen LogP contribution < -0.4 is 9.80 Å². The molecule has 0 bridgehead atoms. The van der Waals surface area contributed by atoms with Crippen molar-refractivity contribution in [3.8, 4) is 0 Å². The summed E-state index contributed by atoms with van der Waals surface area (Å²) in [5.41, 5.74) is 0.659. The van der Waals surface area contributed by atoms with Crippen LogP contribution in [0.5, 0.6) is 0 Å². The number of hydrogen-bond acceptors (Lipinski definition) is 6. The van der Waals surface area contributed by atoms with E-state index in [0.717, 1.165) is 10.0 Å². The molecule has 35 heavy (non-hydrogen) atoms. The van der Waals surface area contributed by atoms with Crippen molar-refractivity contribution >= 4 is 45.1 Å². The quantitative estimate of drug-likeness (QED) is 0.301. The Balaban J connectivity index is 1.64. The predicted molar refractivity (Wildman–Crippen MR) is 133 cm³/mol. The van der Waals surface area contributed by atoms with Gasteiger partial charge in [0.25, 0.3) is 5.91 Å². The number of carbonyl (C=O) groups is 3. The number of amides is 2. The van der Waals surface area contributed by atoms with Gasteiger partial charge in [-0.05, 0) is 42.3 Å². The third kappa shape index (κ3) is 4.63. The Kier molecular flexibility index (Phi) is 7.12. The highest BCUT2D eigenvalue weighted by molar-refractivity contribution is 9.10. The molecule has 1 saturated heterocycles. The molecule has 2 heterocycles. The molecule has 2 amide bonds. The lowest BCUT2D eigenvalue weighted by molar-refractivity contribution is -0.153. The van der Waals surface area contributed by atoms with Crippen molar-refractivity contribution in [3.63, 3.8) is 0 Å². The largest absolute Gasteiger partial charge is 0.441 e. The Morgan fingerprint density at radius 2 is 2.06 bits per heavy atom. The molecule has 1 fully saturated rings. The molecule has 0 spiro atoms. The number of halogens is 1. The van der Waals surface area contributed by atoms with Crippen LogP contribution in [0.4, 0.5) is 11.4 Å². The second-order valence-electron chi connectivity index (χ2n) is 8.75. The van der Waals surface area contributed by atoms with E-state index in [9.17, 15) is 19.5 Å². The molecule has 2 aliphatic rings. The number of fused-ring (bicyclic) bond motifs is 1. The molecule has 0 aliphatic carbocycles. The van der Waals surface area contributed by atoms with Gasteiger partial charge in [0.05, 0.1) is 18.7 Å². The van der Waals surface area contributed by atoms with E-state index in [-0.39, 0.29) is 25.5 Å². The number of ether oxygens (including phenoxy) is 1. The summed E-state index contributed by atoms with van der Waals surface area (Å²) >= 11 is 3.44. The third-order valence-corrected chi connectivity index (χ3v) is 6.84. The van der Waals surface area contributed by atoms with Gasteiger partial charge in [-0.3, -0.25) is 19.3 Å². The molecule has 0 radical (unpaired) electrons. The van der Waals surface area contributed by atoms with E-state index < -0.39 is 29.6 Å². The molecule has 4 rings (SSSR count). The SMILES string of the molecule is CC(=O)OC1CC(=O)N1c1cccc(CN2C(=O)[C@](O)([C@H](C)/C=C/CCO)c3cc(Br)ccc32)c1. The van der Waals surface area contributed by atoms with Crippen molar-refractivity contribution < 1.29 is 29.3 Å². The number of hydrogen-bond donors (Lipinski definition) is 2. The number of aliphatic hydroxyl groups excluding tert-OH is 1. The monoisotopic (exact) mass is 542 g/mol. The third-order valence-electron chi connectivity index (χ3n) is 6.35. The van der Waals surface area contributed by atoms with E-state index in [1.54, 1.807) is 54.3 Å². The van der Waals surface area contributed by atoms with Gasteiger partial charge in [-0.2, -0.15) is 0 Å². The average molecular weight is 543 g/mol. The molecular formula is C26H27BrN2O6. The zero-order valence-corrected chi connectivity index (χ0v) is 21.1. The van der Waals surface area contributed by atoms with Gasteiger partial charge in [0, 0.05) is 35.2 Å². The Hall–Kier alpha value is -3.01. The van der Waals surface area contributed by atoms with E-state index in [2.05, 4.69) is 15.9 Å². The number of anilines is 2. The summed E-state index contributed by atoms with van der Waals surface area (Å²) < 4.78 is 5.95. The van der Waals surface area contributed by atoms with Gasteiger partial charge < -0.3 is 19.8 Å². The smallest absolute Gasteiger partial charge is 0.304 e.